The maximum Gasteiger partial charge on any atom is 0.139 e. The number of nitrogens with two attached hydrogens (primary N) is 1. The van der Waals surface area contributed by atoms with Crippen LogP contribution in [0.2, 0.25) is 0 Å². The van der Waals surface area contributed by atoms with Gasteiger partial charge < -0.3 is 10.5 Å². The van der Waals surface area contributed by atoms with Crippen LogP contribution in [0.5, 0.6) is 11.5 Å². The van der Waals surface area contributed by atoms with Gasteiger partial charge in [-0.3, -0.25) is 0 Å². The number of hydrogen-bond donors (Lipinski definition) is 1. The largest absolute Gasteiger partial charge is 0.457 e. The Kier molecular flexibility index (Phi) is 3.09. The average molecular weight is 225 g/mol. The van der Waals surface area contributed by atoms with Crippen molar-refractivity contribution in [3.8, 4) is 11.5 Å². The summed E-state index contributed by atoms with van der Waals surface area (Å²) in [6.07, 6.45) is 0. The lowest BCUT2D eigenvalue weighted by Crippen LogP contribution is -2.05. The van der Waals surface area contributed by atoms with Crippen LogP contribution >= 0.6 is 0 Å². The number of ether oxygens (including phenoxy) is 1. The first-order valence-corrected chi connectivity index (χ1v) is 5.67. The van der Waals surface area contributed by atoms with E-state index >= 15 is 0 Å². The van der Waals surface area contributed by atoms with Gasteiger partial charge in [-0.2, -0.15) is 0 Å². The van der Waals surface area contributed by atoms with Crippen molar-refractivity contribution in [3.05, 3.63) is 47.5 Å². The van der Waals surface area contributed by atoms with Crippen LogP contribution in [0.15, 0.2) is 36.4 Å². The van der Waals surface area contributed by atoms with E-state index in [1.54, 1.807) is 0 Å². The van der Waals surface area contributed by atoms with E-state index in [0.29, 0.717) is 0 Å². The molecule has 0 aliphatic heterocycles. The van der Waals surface area contributed by atoms with Crippen molar-refractivity contribution in [2.45, 2.75) is 13.8 Å². The van der Waals surface area contributed by atoms with Gasteiger partial charge in [0.2, 0.25) is 0 Å². The Morgan fingerprint density at radius 1 is 0.941 bits per heavy atom. The fraction of sp³-hybridized carbons (Fsp3) is 0.143. The van der Waals surface area contributed by atoms with Crippen LogP contribution in [-0.4, -0.2) is 7.85 Å². The highest BCUT2D eigenvalue weighted by Crippen LogP contribution is 2.24. The van der Waals surface area contributed by atoms with E-state index < -0.39 is 0 Å². The number of nitrogen functional groups attached to an aromatic ring is 1. The first-order chi connectivity index (χ1) is 8.06. The highest BCUT2D eigenvalue weighted by atomic mass is 16.5. The summed E-state index contributed by atoms with van der Waals surface area (Å²) in [5.74, 6) is 1.62. The Hall–Kier alpha value is -1.90. The van der Waals surface area contributed by atoms with Crippen LogP contribution in [-0.2, 0) is 0 Å². The van der Waals surface area contributed by atoms with Crippen molar-refractivity contribution < 1.29 is 4.74 Å². The Bertz CT molecular complexity index is 502. The van der Waals surface area contributed by atoms with Gasteiger partial charge in [-0.25, -0.2) is 0 Å². The molecule has 0 heterocycles. The number of benzene rings is 2. The third-order valence-corrected chi connectivity index (χ3v) is 2.96. The SMILES string of the molecule is Bc1ccc(Oc2ccc(C)c(N)c2)cc1C. The molecule has 0 saturated heterocycles. The van der Waals surface area contributed by atoms with E-state index in [1.165, 1.54) is 11.0 Å². The summed E-state index contributed by atoms with van der Waals surface area (Å²) in [6.45, 7) is 4.06. The van der Waals surface area contributed by atoms with Gasteiger partial charge in [0.05, 0.1) is 0 Å². The van der Waals surface area contributed by atoms with Crippen molar-refractivity contribution in [3.63, 3.8) is 0 Å². The maximum absolute atomic E-state index is 5.85. The topological polar surface area (TPSA) is 35.2 Å². The second-order valence-electron chi connectivity index (χ2n) is 4.37. The second kappa shape index (κ2) is 4.54. The van der Waals surface area contributed by atoms with Gasteiger partial charge >= 0.3 is 0 Å². The minimum absolute atomic E-state index is 0.756. The van der Waals surface area contributed by atoms with Crippen molar-refractivity contribution in [1.29, 1.82) is 0 Å². The molecule has 0 unspecified atom stereocenters. The third kappa shape index (κ3) is 2.62. The second-order valence-corrected chi connectivity index (χ2v) is 4.37. The molecular weight excluding hydrogens is 209 g/mol. The molecule has 0 saturated carbocycles. The van der Waals surface area contributed by atoms with Crippen LogP contribution in [0.4, 0.5) is 5.69 Å². The van der Waals surface area contributed by atoms with E-state index in [4.69, 9.17) is 10.5 Å². The monoisotopic (exact) mass is 225 g/mol. The molecule has 0 atom stereocenters. The summed E-state index contributed by atoms with van der Waals surface area (Å²) in [5, 5.41) is 0. The Morgan fingerprint density at radius 2 is 1.59 bits per heavy atom. The molecule has 0 fully saturated rings. The molecule has 3 heteroatoms. The molecule has 0 bridgehead atoms. The summed E-state index contributed by atoms with van der Waals surface area (Å²) in [4.78, 5) is 0. The minimum atomic E-state index is 0.756. The van der Waals surface area contributed by atoms with Gasteiger partial charge in [0.15, 0.2) is 0 Å². The van der Waals surface area contributed by atoms with Gasteiger partial charge in [-0.05, 0) is 37.6 Å². The molecule has 2 N–H and O–H groups in total. The quantitative estimate of drug-likeness (QED) is 0.626. The highest BCUT2D eigenvalue weighted by Gasteiger charge is 2.01. The van der Waals surface area contributed by atoms with Gasteiger partial charge in [0.25, 0.3) is 0 Å². The van der Waals surface area contributed by atoms with Crippen molar-refractivity contribution >= 4 is 19.0 Å². The third-order valence-electron chi connectivity index (χ3n) is 2.96. The first kappa shape index (κ1) is 11.6. The van der Waals surface area contributed by atoms with Crippen molar-refractivity contribution in [2.24, 2.45) is 0 Å². The predicted octanol–water partition coefficient (Wildman–Crippen LogP) is 1.94. The molecule has 17 heavy (non-hydrogen) atoms. The molecule has 2 aromatic rings. The zero-order chi connectivity index (χ0) is 12.4. The number of rotatable bonds is 2. The zero-order valence-corrected chi connectivity index (χ0v) is 10.4. The fourth-order valence-electron chi connectivity index (χ4n) is 1.60. The first-order valence-electron chi connectivity index (χ1n) is 5.67. The molecule has 2 aromatic carbocycles. The van der Waals surface area contributed by atoms with Crippen LogP contribution in [0.25, 0.3) is 0 Å². The smallest absolute Gasteiger partial charge is 0.139 e. The molecule has 0 aromatic heterocycles. The van der Waals surface area contributed by atoms with Gasteiger partial charge in [0, 0.05) is 11.8 Å². The van der Waals surface area contributed by atoms with E-state index in [-0.39, 0.29) is 0 Å². The summed E-state index contributed by atoms with van der Waals surface area (Å²) in [5.41, 5.74) is 10.2. The van der Waals surface area contributed by atoms with Gasteiger partial charge in [0.1, 0.15) is 19.3 Å². The fourth-order valence-corrected chi connectivity index (χ4v) is 1.60. The summed E-state index contributed by atoms with van der Waals surface area (Å²) >= 11 is 0. The molecule has 2 rings (SSSR count). The van der Waals surface area contributed by atoms with Gasteiger partial charge in [-0.1, -0.05) is 23.2 Å². The lowest BCUT2D eigenvalue weighted by molar-refractivity contribution is 0.482. The highest BCUT2D eigenvalue weighted by molar-refractivity contribution is 6.33. The lowest BCUT2D eigenvalue weighted by atomic mass is 9.91. The number of hydrogen-bond acceptors (Lipinski definition) is 2. The van der Waals surface area contributed by atoms with Crippen LogP contribution in [0.3, 0.4) is 0 Å². The maximum atomic E-state index is 5.85. The molecule has 86 valence electrons. The number of aryl methyl sites for hydroxylation is 2. The van der Waals surface area contributed by atoms with Crippen molar-refractivity contribution in [2.75, 3.05) is 5.73 Å². The summed E-state index contributed by atoms with van der Waals surface area (Å²) in [7, 11) is 2.09. The van der Waals surface area contributed by atoms with Gasteiger partial charge in [-0.15, -0.1) is 0 Å². The molecule has 0 aliphatic carbocycles. The molecule has 0 spiro atoms. The molecular formula is C14H16BNO. The Morgan fingerprint density at radius 3 is 2.24 bits per heavy atom. The van der Waals surface area contributed by atoms with Crippen LogP contribution < -0.4 is 15.9 Å². The standard InChI is InChI=1S/C14H16BNO/c1-9-3-4-12(8-14(9)16)17-11-5-6-13(15)10(2)7-11/h3-8H,15-16H2,1-2H3. The average Bonchev–Trinajstić information content (AvgIpc) is 2.29. The van der Waals surface area contributed by atoms with Crippen LogP contribution in [0.1, 0.15) is 11.1 Å². The minimum Gasteiger partial charge on any atom is -0.457 e. The van der Waals surface area contributed by atoms with E-state index in [2.05, 4.69) is 20.8 Å². The molecule has 0 aliphatic rings. The molecule has 0 radical (unpaired) electrons. The molecule has 2 nitrogen and oxygen atoms in total. The van der Waals surface area contributed by atoms with E-state index in [1.807, 2.05) is 37.3 Å². The van der Waals surface area contributed by atoms with Crippen molar-refractivity contribution in [1.82, 2.24) is 0 Å². The zero-order valence-electron chi connectivity index (χ0n) is 10.4. The van der Waals surface area contributed by atoms with E-state index in [0.717, 1.165) is 22.7 Å². The normalized spacial score (nSPS) is 10.2. The summed E-state index contributed by atoms with van der Waals surface area (Å²) in [6, 6.07) is 11.8. The Labute approximate surface area is 103 Å². The predicted molar refractivity (Wildman–Crippen MR) is 75.0 cm³/mol. The lowest BCUT2D eigenvalue weighted by Gasteiger charge is -2.09. The Balaban J connectivity index is 2.25. The molecule has 0 amide bonds. The summed E-state index contributed by atoms with van der Waals surface area (Å²) < 4.78 is 5.77. The number of anilines is 1. The van der Waals surface area contributed by atoms with Crippen LogP contribution in [0, 0.1) is 13.8 Å². The van der Waals surface area contributed by atoms with E-state index in [9.17, 15) is 0 Å².